The monoisotopic (exact) mass is 630 g/mol. The predicted octanol–water partition coefficient (Wildman–Crippen LogP) is 3.66. The van der Waals surface area contributed by atoms with Crippen LogP contribution in [0.3, 0.4) is 0 Å². The summed E-state index contributed by atoms with van der Waals surface area (Å²) in [6, 6.07) is 22.1. The third kappa shape index (κ3) is 6.42. The minimum atomic E-state index is -3.86. The molecule has 0 saturated carbocycles. The summed E-state index contributed by atoms with van der Waals surface area (Å²) in [5, 5.41) is 4.76. The fourth-order valence-corrected chi connectivity index (χ4v) is 8.13. The number of ether oxygens (including phenoxy) is 1. The van der Waals surface area contributed by atoms with Crippen molar-refractivity contribution in [2.24, 2.45) is 0 Å². The number of nitrogens with one attached hydrogen (secondary N) is 1. The van der Waals surface area contributed by atoms with Crippen LogP contribution in [0.25, 0.3) is 0 Å². The van der Waals surface area contributed by atoms with Gasteiger partial charge in [0.2, 0.25) is 15.9 Å². The Labute approximate surface area is 259 Å². The Morgan fingerprint density at radius 2 is 1.73 bits per heavy atom. The zero-order valence-corrected chi connectivity index (χ0v) is 25.2. The lowest BCUT2D eigenvalue weighted by Crippen LogP contribution is -2.53. The molecule has 2 aliphatic heterocycles. The van der Waals surface area contributed by atoms with Gasteiger partial charge in [-0.1, -0.05) is 30.3 Å². The number of nitrogens with zero attached hydrogens (tertiary/aromatic N) is 3. The maximum Gasteiger partial charge on any atom is 0.251 e. The molecule has 44 heavy (non-hydrogen) atoms. The van der Waals surface area contributed by atoms with Gasteiger partial charge in [0.15, 0.2) is 5.78 Å². The second-order valence-electron chi connectivity index (χ2n) is 10.7. The normalized spacial score (nSPS) is 19.0. The Balaban J connectivity index is 1.17. The molecule has 10 nitrogen and oxygen atoms in total. The number of fused-ring (bicyclic) bond motifs is 1. The van der Waals surface area contributed by atoms with E-state index in [4.69, 9.17) is 4.74 Å². The van der Waals surface area contributed by atoms with Crippen molar-refractivity contribution in [3.63, 3.8) is 0 Å². The summed E-state index contributed by atoms with van der Waals surface area (Å²) in [7, 11) is -3.86. The molecule has 2 aromatic heterocycles. The fraction of sp³-hybridized carbons (Fsp3) is 0.250. The highest BCUT2D eigenvalue weighted by Crippen LogP contribution is 2.33. The van der Waals surface area contributed by atoms with Gasteiger partial charge in [0.05, 0.1) is 18.3 Å². The molecule has 0 spiro atoms. The van der Waals surface area contributed by atoms with E-state index in [2.05, 4.69) is 10.3 Å². The quantitative estimate of drug-likeness (QED) is 0.284. The van der Waals surface area contributed by atoms with Crippen molar-refractivity contribution in [2.45, 2.75) is 36.7 Å². The average molecular weight is 631 g/mol. The molecular weight excluding hydrogens is 601 g/mol. The van der Waals surface area contributed by atoms with Crippen molar-refractivity contribution in [1.29, 1.82) is 0 Å². The maximum absolute atomic E-state index is 14.0. The number of hydrogen-bond acceptors (Lipinski definition) is 8. The Bertz CT molecular complexity index is 1730. The third-order valence-corrected chi connectivity index (χ3v) is 10.4. The molecule has 3 unspecified atom stereocenters. The predicted molar refractivity (Wildman–Crippen MR) is 165 cm³/mol. The number of para-hydroxylation sites is 1. The first-order valence-corrected chi connectivity index (χ1v) is 16.7. The second-order valence-corrected chi connectivity index (χ2v) is 13.6. The van der Waals surface area contributed by atoms with Gasteiger partial charge in [0.1, 0.15) is 29.3 Å². The van der Waals surface area contributed by atoms with E-state index in [1.54, 1.807) is 42.5 Å². The summed E-state index contributed by atoms with van der Waals surface area (Å²) in [6.07, 6.45) is 2.08. The number of pyridine rings is 1. The summed E-state index contributed by atoms with van der Waals surface area (Å²) in [4.78, 5) is 47.0. The van der Waals surface area contributed by atoms with Crippen molar-refractivity contribution >= 4 is 39.0 Å². The highest BCUT2D eigenvalue weighted by molar-refractivity contribution is 7.88. The number of hydrogen-bond donors (Lipinski definition) is 1. The van der Waals surface area contributed by atoms with Crippen molar-refractivity contribution < 1.29 is 27.5 Å². The number of aromatic nitrogens is 1. The number of rotatable bonds is 10. The standard InChI is InChI=1S/C32H30N4O6S2/c37-29-20-36(44(40,41)21-23-7-4-5-16-33-23)28-15-17-35(30(28)29)32(39)27(19-26-10-6-18-43-26)34-31(38)22-11-13-25(14-12-22)42-24-8-2-1-3-9-24/h1-14,16,18,27-28,30H,15,17,19-21H2,(H,34,38). The van der Waals surface area contributed by atoms with Crippen LogP contribution in [-0.4, -0.2) is 71.4 Å². The number of thiophene rings is 1. The number of likely N-dealkylation sites (tertiary alicyclic amines) is 1. The molecule has 3 atom stereocenters. The van der Waals surface area contributed by atoms with Gasteiger partial charge in [-0.15, -0.1) is 11.3 Å². The highest BCUT2D eigenvalue weighted by atomic mass is 32.2. The van der Waals surface area contributed by atoms with Gasteiger partial charge in [0.25, 0.3) is 5.91 Å². The molecule has 226 valence electrons. The van der Waals surface area contributed by atoms with Gasteiger partial charge in [-0.05, 0) is 66.4 Å². The summed E-state index contributed by atoms with van der Waals surface area (Å²) in [5.74, 6) is -0.297. The molecule has 0 radical (unpaired) electrons. The van der Waals surface area contributed by atoms with E-state index in [0.29, 0.717) is 29.2 Å². The van der Waals surface area contributed by atoms with Gasteiger partial charge in [0, 0.05) is 29.6 Å². The van der Waals surface area contributed by atoms with E-state index >= 15 is 0 Å². The zero-order chi connectivity index (χ0) is 30.7. The molecule has 2 fully saturated rings. The van der Waals surface area contributed by atoms with Crippen molar-refractivity contribution in [2.75, 3.05) is 13.1 Å². The molecule has 2 aliphatic rings. The summed E-state index contributed by atoms with van der Waals surface area (Å²) < 4.78 is 33.6. The summed E-state index contributed by atoms with van der Waals surface area (Å²) in [5.41, 5.74) is 0.727. The Hall–Kier alpha value is -4.39. The first-order chi connectivity index (χ1) is 21.3. The number of benzene rings is 2. The molecule has 2 amide bonds. The SMILES string of the molecule is O=C(NC(Cc1cccs1)C(=O)N1CCC2C1C(=O)CN2S(=O)(=O)Cc1ccccn1)c1ccc(Oc2ccccc2)cc1. The molecule has 0 bridgehead atoms. The number of carbonyl (C=O) groups is 3. The highest BCUT2D eigenvalue weighted by Gasteiger charge is 2.54. The number of Topliss-reactive ketones (excluding diaryl/α,β-unsaturated/α-hetero) is 1. The van der Waals surface area contributed by atoms with Gasteiger partial charge >= 0.3 is 0 Å². The third-order valence-electron chi connectivity index (χ3n) is 7.76. The minimum Gasteiger partial charge on any atom is -0.457 e. The molecule has 2 aromatic carbocycles. The molecule has 12 heteroatoms. The van der Waals surface area contributed by atoms with E-state index in [1.807, 2.05) is 47.8 Å². The minimum absolute atomic E-state index is 0.206. The molecular formula is C32H30N4O6S2. The van der Waals surface area contributed by atoms with Crippen LogP contribution >= 0.6 is 11.3 Å². The summed E-state index contributed by atoms with van der Waals surface area (Å²) >= 11 is 1.46. The topological polar surface area (TPSA) is 126 Å². The lowest BCUT2D eigenvalue weighted by Gasteiger charge is -2.28. The number of ketones is 1. The van der Waals surface area contributed by atoms with Crippen LogP contribution < -0.4 is 10.1 Å². The van der Waals surface area contributed by atoms with E-state index in [9.17, 15) is 22.8 Å². The molecule has 4 aromatic rings. The smallest absolute Gasteiger partial charge is 0.251 e. The van der Waals surface area contributed by atoms with Gasteiger partial charge in [-0.2, -0.15) is 4.31 Å². The van der Waals surface area contributed by atoms with E-state index in [0.717, 1.165) is 4.88 Å². The van der Waals surface area contributed by atoms with Crippen LogP contribution in [0.1, 0.15) is 27.3 Å². The van der Waals surface area contributed by atoms with E-state index in [-0.39, 0.29) is 31.0 Å². The Morgan fingerprint density at radius 1 is 0.977 bits per heavy atom. The maximum atomic E-state index is 14.0. The first kappa shape index (κ1) is 29.7. The van der Waals surface area contributed by atoms with Crippen LogP contribution in [0.2, 0.25) is 0 Å². The first-order valence-electron chi connectivity index (χ1n) is 14.2. The molecule has 2 saturated heterocycles. The van der Waals surface area contributed by atoms with Gasteiger partial charge in [-0.25, -0.2) is 8.42 Å². The lowest BCUT2D eigenvalue weighted by molar-refractivity contribution is -0.138. The van der Waals surface area contributed by atoms with Crippen LogP contribution in [0.15, 0.2) is 96.5 Å². The van der Waals surface area contributed by atoms with Crippen LogP contribution in [0.4, 0.5) is 0 Å². The van der Waals surface area contributed by atoms with Crippen molar-refractivity contribution in [3.05, 3.63) is 113 Å². The second kappa shape index (κ2) is 12.7. The Morgan fingerprint density at radius 3 is 2.43 bits per heavy atom. The van der Waals surface area contributed by atoms with Crippen LogP contribution in [0, 0.1) is 0 Å². The summed E-state index contributed by atoms with van der Waals surface area (Å²) in [6.45, 7) is -0.0918. The number of amides is 2. The van der Waals surface area contributed by atoms with Gasteiger partial charge < -0.3 is 15.0 Å². The molecule has 4 heterocycles. The van der Waals surface area contributed by atoms with E-state index in [1.165, 1.54) is 26.7 Å². The fourth-order valence-electron chi connectivity index (χ4n) is 5.71. The zero-order valence-electron chi connectivity index (χ0n) is 23.6. The lowest BCUT2D eigenvalue weighted by atomic mass is 10.1. The van der Waals surface area contributed by atoms with Gasteiger partial charge in [-0.3, -0.25) is 19.4 Å². The number of carbonyl (C=O) groups excluding carboxylic acids is 3. The van der Waals surface area contributed by atoms with Crippen molar-refractivity contribution in [3.8, 4) is 11.5 Å². The van der Waals surface area contributed by atoms with Crippen molar-refractivity contribution in [1.82, 2.24) is 19.5 Å². The molecule has 0 aliphatic carbocycles. The largest absolute Gasteiger partial charge is 0.457 e. The van der Waals surface area contributed by atoms with E-state index < -0.39 is 40.0 Å². The average Bonchev–Trinajstić information content (AvgIpc) is 3.77. The molecule has 1 N–H and O–H groups in total. The van der Waals surface area contributed by atoms with Crippen LogP contribution in [0.5, 0.6) is 11.5 Å². The molecule has 6 rings (SSSR count). The van der Waals surface area contributed by atoms with Crippen LogP contribution in [-0.2, 0) is 31.8 Å². The Kier molecular flexibility index (Phi) is 8.56. The number of sulfonamides is 1.